The minimum Gasteiger partial charge on any atom is -0.372 e. The van der Waals surface area contributed by atoms with Gasteiger partial charge in [0, 0.05) is 13.0 Å². The fourth-order valence-electron chi connectivity index (χ4n) is 5.64. The summed E-state index contributed by atoms with van der Waals surface area (Å²) in [6.45, 7) is 5.65. The van der Waals surface area contributed by atoms with Gasteiger partial charge in [-0.05, 0) is 32.4 Å². The molecule has 0 radical (unpaired) electrons. The highest BCUT2D eigenvalue weighted by atomic mass is 32.1. The number of anilines is 1. The molecule has 0 saturated carbocycles. The van der Waals surface area contributed by atoms with Crippen molar-refractivity contribution in [1.82, 2.24) is 20.8 Å². The number of urea groups is 1. The summed E-state index contributed by atoms with van der Waals surface area (Å²) in [5.41, 5.74) is 1.87. The monoisotopic (exact) mass is 485 g/mol. The van der Waals surface area contributed by atoms with Gasteiger partial charge >= 0.3 is 6.03 Å². The van der Waals surface area contributed by atoms with Crippen LogP contribution in [0.5, 0.6) is 0 Å². The standard InChI is InChI=1S/C22H20FN5O5S/c1-8-6-28-15-11(4-12-14(17-9(2)24-7-34-17)27-33-16(12)13(15)23)5-22(18(28)10(3)32-8)19(29)25-21(31)26-20(22)30/h4,7-8,10,18H,5-6H2,1-3H3,(H2,25,26,29,30,31)/t8-,10?,18-/m0/s1. The van der Waals surface area contributed by atoms with E-state index in [1.807, 2.05) is 13.8 Å². The number of carbonyl (C=O) groups excluding carboxylic acids is 3. The lowest BCUT2D eigenvalue weighted by Gasteiger charge is -2.55. The van der Waals surface area contributed by atoms with Crippen molar-refractivity contribution in [3.63, 3.8) is 0 Å². The van der Waals surface area contributed by atoms with Crippen LogP contribution in [-0.2, 0) is 20.7 Å². The molecule has 4 amide bonds. The molecule has 1 aromatic carbocycles. The first-order valence-electron chi connectivity index (χ1n) is 10.8. The summed E-state index contributed by atoms with van der Waals surface area (Å²) in [6, 6.07) is 0.0140. The van der Waals surface area contributed by atoms with Gasteiger partial charge in [0.05, 0.1) is 45.4 Å². The predicted octanol–water partition coefficient (Wildman–Crippen LogP) is 2.29. The lowest BCUT2D eigenvalue weighted by Crippen LogP contribution is -2.75. The highest BCUT2D eigenvalue weighted by molar-refractivity contribution is 7.13. The lowest BCUT2D eigenvalue weighted by atomic mass is 9.66. The third kappa shape index (κ3) is 2.66. The SMILES string of the molecule is Cc1ncsc1-c1noc2c(F)c3c(cc12)CC1(C(=O)NC(=O)NC1=O)[C@@H]1C(C)O[C@@H](C)CN31. The van der Waals surface area contributed by atoms with E-state index in [0.29, 0.717) is 16.6 Å². The Bertz CT molecular complexity index is 1380. The Balaban J connectivity index is 1.61. The van der Waals surface area contributed by atoms with E-state index in [1.54, 1.807) is 23.4 Å². The zero-order valence-electron chi connectivity index (χ0n) is 18.5. The molecule has 0 bridgehead atoms. The molecule has 10 nitrogen and oxygen atoms in total. The van der Waals surface area contributed by atoms with Gasteiger partial charge in [-0.15, -0.1) is 11.3 Å². The zero-order valence-corrected chi connectivity index (χ0v) is 19.3. The largest absolute Gasteiger partial charge is 0.372 e. The Morgan fingerprint density at radius 3 is 2.65 bits per heavy atom. The van der Waals surface area contributed by atoms with Crippen molar-refractivity contribution in [2.45, 2.75) is 45.4 Å². The van der Waals surface area contributed by atoms with Gasteiger partial charge in [0.1, 0.15) is 5.69 Å². The predicted molar refractivity (Wildman–Crippen MR) is 119 cm³/mol. The highest BCUT2D eigenvalue weighted by Gasteiger charge is 2.63. The fourth-order valence-corrected chi connectivity index (χ4v) is 6.44. The van der Waals surface area contributed by atoms with Crippen LogP contribution in [0.2, 0.25) is 0 Å². The second kappa shape index (κ2) is 7.06. The van der Waals surface area contributed by atoms with E-state index in [4.69, 9.17) is 9.26 Å². The van der Waals surface area contributed by atoms with Crippen LogP contribution in [0.4, 0.5) is 14.9 Å². The van der Waals surface area contributed by atoms with E-state index in [0.717, 1.165) is 10.6 Å². The molecule has 2 fully saturated rings. The number of hydrogen-bond acceptors (Lipinski definition) is 9. The molecule has 2 aromatic heterocycles. The molecule has 3 aliphatic heterocycles. The number of barbiturate groups is 1. The van der Waals surface area contributed by atoms with Gasteiger partial charge in [-0.25, -0.2) is 14.2 Å². The molecule has 0 aliphatic carbocycles. The molecule has 34 heavy (non-hydrogen) atoms. The van der Waals surface area contributed by atoms with E-state index in [-0.39, 0.29) is 30.3 Å². The van der Waals surface area contributed by atoms with Crippen LogP contribution in [0, 0.1) is 18.2 Å². The van der Waals surface area contributed by atoms with Gasteiger partial charge in [-0.3, -0.25) is 20.2 Å². The summed E-state index contributed by atoms with van der Waals surface area (Å²) in [5, 5.41) is 9.01. The van der Waals surface area contributed by atoms with Crippen molar-refractivity contribution in [2.75, 3.05) is 11.4 Å². The Morgan fingerprint density at radius 2 is 1.97 bits per heavy atom. The van der Waals surface area contributed by atoms with Crippen LogP contribution in [0.25, 0.3) is 21.5 Å². The number of hydrogen-bond donors (Lipinski definition) is 2. The van der Waals surface area contributed by atoms with Gasteiger partial charge in [0.15, 0.2) is 11.2 Å². The van der Waals surface area contributed by atoms with Gasteiger partial charge in [0.25, 0.3) is 0 Å². The number of carbonyl (C=O) groups is 3. The number of aryl methyl sites for hydroxylation is 1. The number of rotatable bonds is 1. The summed E-state index contributed by atoms with van der Waals surface area (Å²) in [5.74, 6) is -2.06. The number of fused-ring (bicyclic) bond motifs is 5. The summed E-state index contributed by atoms with van der Waals surface area (Å²) in [4.78, 5) is 45.1. The van der Waals surface area contributed by atoms with Crippen LogP contribution < -0.4 is 15.5 Å². The zero-order chi connectivity index (χ0) is 23.9. The van der Waals surface area contributed by atoms with E-state index < -0.39 is 41.2 Å². The quantitative estimate of drug-likeness (QED) is 0.503. The number of nitrogens with zero attached hydrogens (tertiary/aromatic N) is 3. The average Bonchev–Trinajstić information content (AvgIpc) is 3.37. The second-order valence-electron chi connectivity index (χ2n) is 9.01. The summed E-state index contributed by atoms with van der Waals surface area (Å²) in [6.07, 6.45) is -0.997. The number of halogens is 1. The van der Waals surface area contributed by atoms with Gasteiger partial charge < -0.3 is 14.2 Å². The van der Waals surface area contributed by atoms with Gasteiger partial charge in [-0.2, -0.15) is 0 Å². The molecule has 2 saturated heterocycles. The maximum Gasteiger partial charge on any atom is 0.328 e. The molecule has 1 unspecified atom stereocenters. The second-order valence-corrected chi connectivity index (χ2v) is 9.86. The maximum absolute atomic E-state index is 16.1. The Labute approximate surface area is 196 Å². The van der Waals surface area contributed by atoms with Crippen molar-refractivity contribution in [2.24, 2.45) is 5.41 Å². The fraction of sp³-hybridized carbons (Fsp3) is 0.409. The molecule has 176 valence electrons. The highest BCUT2D eigenvalue weighted by Crippen LogP contribution is 2.50. The molecule has 2 N–H and O–H groups in total. The first-order valence-corrected chi connectivity index (χ1v) is 11.7. The average molecular weight is 485 g/mol. The number of imide groups is 2. The number of thiazole rings is 1. The van der Waals surface area contributed by atoms with Crippen molar-refractivity contribution in [1.29, 1.82) is 0 Å². The minimum absolute atomic E-state index is 0.00391. The number of ether oxygens (including phenoxy) is 1. The summed E-state index contributed by atoms with van der Waals surface area (Å²) in [7, 11) is 0. The smallest absolute Gasteiger partial charge is 0.328 e. The van der Waals surface area contributed by atoms with Crippen molar-refractivity contribution in [3.8, 4) is 10.6 Å². The normalized spacial score (nSPS) is 25.8. The topological polar surface area (TPSA) is 127 Å². The Kier molecular flexibility index (Phi) is 4.40. The van der Waals surface area contributed by atoms with Crippen molar-refractivity contribution in [3.05, 3.63) is 28.7 Å². The maximum atomic E-state index is 16.1. The van der Waals surface area contributed by atoms with Gasteiger partial charge in [0.2, 0.25) is 17.4 Å². The molecule has 1 spiro atoms. The number of benzene rings is 1. The van der Waals surface area contributed by atoms with Crippen LogP contribution in [0.1, 0.15) is 25.1 Å². The van der Waals surface area contributed by atoms with Crippen LogP contribution in [-0.4, -0.2) is 52.8 Å². The minimum atomic E-state index is -1.68. The molecule has 5 heterocycles. The van der Waals surface area contributed by atoms with Crippen molar-refractivity contribution < 1.29 is 28.0 Å². The van der Waals surface area contributed by atoms with E-state index in [1.165, 1.54) is 11.3 Å². The first kappa shape index (κ1) is 21.2. The molecular formula is C22H20FN5O5S. The number of nitrogens with one attached hydrogen (secondary N) is 2. The summed E-state index contributed by atoms with van der Waals surface area (Å²) >= 11 is 1.36. The van der Waals surface area contributed by atoms with Crippen LogP contribution >= 0.6 is 11.3 Å². The number of aromatic nitrogens is 2. The van der Waals surface area contributed by atoms with E-state index in [2.05, 4.69) is 20.8 Å². The van der Waals surface area contributed by atoms with Crippen LogP contribution in [0.3, 0.4) is 0 Å². The van der Waals surface area contributed by atoms with Crippen LogP contribution in [0.15, 0.2) is 16.1 Å². The molecule has 3 atom stereocenters. The third-order valence-electron chi connectivity index (χ3n) is 6.93. The lowest BCUT2D eigenvalue weighted by molar-refractivity contribution is -0.153. The Morgan fingerprint density at radius 1 is 1.24 bits per heavy atom. The molecule has 6 rings (SSSR count). The number of morpholine rings is 1. The third-order valence-corrected chi connectivity index (χ3v) is 7.86. The Hall–Kier alpha value is -3.38. The molecular weight excluding hydrogens is 465 g/mol. The van der Waals surface area contributed by atoms with Gasteiger partial charge in [-0.1, -0.05) is 5.16 Å². The molecule has 3 aliphatic rings. The number of amides is 4. The van der Waals surface area contributed by atoms with E-state index in [9.17, 15) is 14.4 Å². The van der Waals surface area contributed by atoms with E-state index >= 15 is 4.39 Å². The van der Waals surface area contributed by atoms with Crippen molar-refractivity contribution >= 4 is 45.8 Å². The molecule has 3 aromatic rings. The molecule has 12 heteroatoms. The summed E-state index contributed by atoms with van der Waals surface area (Å²) < 4.78 is 27.5. The first-order chi connectivity index (χ1) is 16.2.